The molecule has 0 amide bonds. The number of ether oxygens (including phenoxy) is 3. The SMILES string of the molecule is CC/C=C\C/C=C\C/C=C\C/C=C\CCCCCCCCC(=O)OCC(COC(=O)CC/C=C\C/C=C\CCCCCCCC)OC(=O)CCCCCCC/C=C\C=C/CCCCCCCCC. The number of esters is 3. The topological polar surface area (TPSA) is 78.9 Å². The molecule has 0 aromatic rings. The summed E-state index contributed by atoms with van der Waals surface area (Å²) in [4.78, 5) is 38.1. The van der Waals surface area contributed by atoms with E-state index in [0.717, 1.165) is 109 Å². The number of carbonyl (C=O) groups is 3. The van der Waals surface area contributed by atoms with Gasteiger partial charge in [0.15, 0.2) is 6.10 Å². The van der Waals surface area contributed by atoms with Crippen LogP contribution in [0.3, 0.4) is 0 Å². The molecule has 0 saturated heterocycles. The van der Waals surface area contributed by atoms with Crippen molar-refractivity contribution in [2.45, 2.75) is 264 Å². The van der Waals surface area contributed by atoms with Gasteiger partial charge >= 0.3 is 17.9 Å². The highest BCUT2D eigenvalue weighted by molar-refractivity contribution is 5.71. The fourth-order valence-corrected chi connectivity index (χ4v) is 7.59. The number of hydrogen-bond donors (Lipinski definition) is 0. The van der Waals surface area contributed by atoms with Gasteiger partial charge in [-0.05, 0) is 103 Å². The van der Waals surface area contributed by atoms with E-state index < -0.39 is 6.10 Å². The minimum atomic E-state index is -0.815. The van der Waals surface area contributed by atoms with Crippen LogP contribution in [-0.4, -0.2) is 37.2 Å². The van der Waals surface area contributed by atoms with Crippen molar-refractivity contribution in [3.63, 3.8) is 0 Å². The van der Waals surface area contributed by atoms with Gasteiger partial charge in [0.1, 0.15) is 13.2 Å². The van der Waals surface area contributed by atoms with E-state index in [1.165, 1.54) is 103 Å². The standard InChI is InChI=1S/C62H104O6/c1-4-7-10-13-16-19-22-25-27-29-31-33-34-37-40-43-46-49-52-55-61(64)67-58-59(57-66-60(63)54-51-48-45-42-39-36-24-21-18-15-12-9-6-3)68-62(65)56-53-50-47-44-41-38-35-32-30-28-26-23-20-17-14-11-8-5-2/h7,10,16,19,25,27-28,30-33,35-36,39,45,48,59H,4-6,8-9,11-15,17-18,20-24,26,29,34,37-38,40-44,46-47,49-58H2,1-3H3/b10-7-,19-16-,27-25-,30-28-,33-31-,35-32-,39-36-,48-45-. The first kappa shape index (κ1) is 64.3. The molecule has 0 aromatic carbocycles. The molecular weight excluding hydrogens is 841 g/mol. The van der Waals surface area contributed by atoms with E-state index in [4.69, 9.17) is 14.2 Å². The molecule has 6 heteroatoms. The lowest BCUT2D eigenvalue weighted by Crippen LogP contribution is -2.30. The Kier molecular flexibility index (Phi) is 52.9. The van der Waals surface area contributed by atoms with Crippen molar-refractivity contribution in [1.82, 2.24) is 0 Å². The molecule has 0 aliphatic rings. The molecule has 388 valence electrons. The first-order valence-electron chi connectivity index (χ1n) is 28.3. The summed E-state index contributed by atoms with van der Waals surface area (Å²) in [6.07, 6.45) is 74.1. The maximum atomic E-state index is 12.8. The van der Waals surface area contributed by atoms with Crippen LogP contribution in [0, 0.1) is 0 Å². The molecule has 0 N–H and O–H groups in total. The number of allylic oxidation sites excluding steroid dienone is 16. The molecule has 0 spiro atoms. The summed E-state index contributed by atoms with van der Waals surface area (Å²) >= 11 is 0. The smallest absolute Gasteiger partial charge is 0.306 e. The Balaban J connectivity index is 4.48. The Hall–Kier alpha value is -3.67. The fourth-order valence-electron chi connectivity index (χ4n) is 7.59. The zero-order valence-corrected chi connectivity index (χ0v) is 44.3. The predicted octanol–water partition coefficient (Wildman–Crippen LogP) is 18.9. The number of unbranched alkanes of at least 4 members (excludes halogenated alkanes) is 24. The van der Waals surface area contributed by atoms with Crippen molar-refractivity contribution < 1.29 is 28.6 Å². The molecule has 1 unspecified atom stereocenters. The van der Waals surface area contributed by atoms with Gasteiger partial charge in [0.05, 0.1) is 0 Å². The first-order valence-corrected chi connectivity index (χ1v) is 28.3. The van der Waals surface area contributed by atoms with Crippen molar-refractivity contribution in [2.24, 2.45) is 0 Å². The van der Waals surface area contributed by atoms with Crippen LogP contribution in [-0.2, 0) is 28.6 Å². The lowest BCUT2D eigenvalue weighted by molar-refractivity contribution is -0.166. The Morgan fingerprint density at radius 1 is 0.324 bits per heavy atom. The highest BCUT2D eigenvalue weighted by Gasteiger charge is 2.19. The van der Waals surface area contributed by atoms with E-state index in [1.807, 2.05) is 6.08 Å². The Bertz CT molecular complexity index is 1360. The molecule has 0 radical (unpaired) electrons. The molecule has 0 aliphatic heterocycles. The van der Waals surface area contributed by atoms with Gasteiger partial charge in [-0.2, -0.15) is 0 Å². The van der Waals surface area contributed by atoms with Gasteiger partial charge in [-0.15, -0.1) is 0 Å². The molecule has 0 aromatic heterocycles. The summed E-state index contributed by atoms with van der Waals surface area (Å²) in [6.45, 7) is 6.44. The monoisotopic (exact) mass is 945 g/mol. The summed E-state index contributed by atoms with van der Waals surface area (Å²) < 4.78 is 16.8. The van der Waals surface area contributed by atoms with Crippen molar-refractivity contribution in [2.75, 3.05) is 13.2 Å². The predicted molar refractivity (Wildman–Crippen MR) is 293 cm³/mol. The lowest BCUT2D eigenvalue weighted by Gasteiger charge is -2.18. The second-order valence-corrected chi connectivity index (χ2v) is 18.5. The average molecular weight is 946 g/mol. The van der Waals surface area contributed by atoms with Gasteiger partial charge in [-0.25, -0.2) is 0 Å². The number of carbonyl (C=O) groups excluding carboxylic acids is 3. The van der Waals surface area contributed by atoms with Crippen molar-refractivity contribution >= 4 is 17.9 Å². The van der Waals surface area contributed by atoms with Crippen LogP contribution in [0.1, 0.15) is 258 Å². The highest BCUT2D eigenvalue weighted by Crippen LogP contribution is 2.14. The minimum Gasteiger partial charge on any atom is -0.462 e. The molecule has 0 bridgehead atoms. The normalized spacial score (nSPS) is 12.8. The van der Waals surface area contributed by atoms with Crippen LogP contribution in [0.4, 0.5) is 0 Å². The molecule has 0 fully saturated rings. The van der Waals surface area contributed by atoms with Crippen LogP contribution < -0.4 is 0 Å². The Morgan fingerprint density at radius 3 is 1.07 bits per heavy atom. The zero-order chi connectivity index (χ0) is 49.3. The van der Waals surface area contributed by atoms with Crippen molar-refractivity contribution in [1.29, 1.82) is 0 Å². The van der Waals surface area contributed by atoms with Crippen LogP contribution in [0.5, 0.6) is 0 Å². The second kappa shape index (κ2) is 55.9. The van der Waals surface area contributed by atoms with Crippen LogP contribution in [0.25, 0.3) is 0 Å². The number of rotatable bonds is 50. The largest absolute Gasteiger partial charge is 0.462 e. The minimum absolute atomic E-state index is 0.109. The molecule has 68 heavy (non-hydrogen) atoms. The molecular formula is C62H104O6. The Labute approximate surface area is 419 Å². The van der Waals surface area contributed by atoms with E-state index in [1.54, 1.807) is 0 Å². The third kappa shape index (κ3) is 53.3. The van der Waals surface area contributed by atoms with Gasteiger partial charge in [-0.1, -0.05) is 234 Å². The lowest BCUT2D eigenvalue weighted by atomic mass is 10.1. The van der Waals surface area contributed by atoms with E-state index in [9.17, 15) is 14.4 Å². The maximum Gasteiger partial charge on any atom is 0.306 e. The molecule has 6 nitrogen and oxygen atoms in total. The van der Waals surface area contributed by atoms with E-state index in [-0.39, 0.29) is 37.5 Å². The van der Waals surface area contributed by atoms with Gasteiger partial charge in [0.25, 0.3) is 0 Å². The van der Waals surface area contributed by atoms with Gasteiger partial charge in [0, 0.05) is 19.3 Å². The first-order chi connectivity index (χ1) is 33.5. The van der Waals surface area contributed by atoms with Gasteiger partial charge < -0.3 is 14.2 Å². The van der Waals surface area contributed by atoms with Crippen molar-refractivity contribution in [3.05, 3.63) is 97.2 Å². The van der Waals surface area contributed by atoms with Crippen LogP contribution >= 0.6 is 0 Å². The third-order valence-corrected chi connectivity index (χ3v) is 11.8. The molecule has 0 aliphatic carbocycles. The second-order valence-electron chi connectivity index (χ2n) is 18.5. The summed E-state index contributed by atoms with van der Waals surface area (Å²) in [5.74, 6) is -1.01. The molecule has 0 saturated carbocycles. The summed E-state index contributed by atoms with van der Waals surface area (Å²) in [5, 5.41) is 0. The molecule has 0 rings (SSSR count). The van der Waals surface area contributed by atoms with E-state index in [2.05, 4.69) is 112 Å². The average Bonchev–Trinajstić information content (AvgIpc) is 3.34. The van der Waals surface area contributed by atoms with Crippen LogP contribution in [0.2, 0.25) is 0 Å². The van der Waals surface area contributed by atoms with E-state index in [0.29, 0.717) is 19.3 Å². The van der Waals surface area contributed by atoms with Gasteiger partial charge in [0.2, 0.25) is 0 Å². The Morgan fingerprint density at radius 2 is 0.647 bits per heavy atom. The van der Waals surface area contributed by atoms with Crippen LogP contribution in [0.15, 0.2) is 97.2 Å². The maximum absolute atomic E-state index is 12.8. The highest BCUT2D eigenvalue weighted by atomic mass is 16.6. The summed E-state index contributed by atoms with van der Waals surface area (Å²) in [7, 11) is 0. The molecule has 1 atom stereocenters. The summed E-state index contributed by atoms with van der Waals surface area (Å²) in [5.41, 5.74) is 0. The quantitative estimate of drug-likeness (QED) is 0.0199. The number of hydrogen-bond acceptors (Lipinski definition) is 6. The summed E-state index contributed by atoms with van der Waals surface area (Å²) in [6, 6.07) is 0. The van der Waals surface area contributed by atoms with Crippen molar-refractivity contribution in [3.8, 4) is 0 Å². The fraction of sp³-hybridized carbons (Fsp3) is 0.694. The van der Waals surface area contributed by atoms with E-state index >= 15 is 0 Å². The zero-order valence-electron chi connectivity index (χ0n) is 44.3. The van der Waals surface area contributed by atoms with Gasteiger partial charge in [-0.3, -0.25) is 14.4 Å². The molecule has 0 heterocycles. The third-order valence-electron chi connectivity index (χ3n) is 11.8.